The number of benzene rings is 1. The Kier molecular flexibility index (Phi) is 4.46. The van der Waals surface area contributed by atoms with Crippen LogP contribution in [0.2, 0.25) is 0 Å². The minimum Gasteiger partial charge on any atom is -0.347 e. The van der Waals surface area contributed by atoms with Crippen molar-refractivity contribution in [1.82, 2.24) is 4.90 Å². The molecular formula is C15H15F3N2O4. The van der Waals surface area contributed by atoms with E-state index in [1.807, 2.05) is 5.32 Å². The Labute approximate surface area is 135 Å². The van der Waals surface area contributed by atoms with Crippen LogP contribution in [-0.4, -0.2) is 48.8 Å². The zero-order chi connectivity index (χ0) is 17.3. The molecular weight excluding hydrogens is 329 g/mol. The fourth-order valence-electron chi connectivity index (χ4n) is 2.78. The summed E-state index contributed by atoms with van der Waals surface area (Å²) in [6.07, 6.45) is 0.844. The van der Waals surface area contributed by atoms with Gasteiger partial charge in [-0.2, -0.15) is 0 Å². The van der Waals surface area contributed by atoms with Gasteiger partial charge >= 0.3 is 11.8 Å². The highest BCUT2D eigenvalue weighted by atomic mass is 19.2. The van der Waals surface area contributed by atoms with Crippen LogP contribution in [0.1, 0.15) is 12.8 Å². The number of halogens is 3. The lowest BCUT2D eigenvalue weighted by atomic mass is 10.0. The van der Waals surface area contributed by atoms with Gasteiger partial charge in [0.2, 0.25) is 0 Å². The van der Waals surface area contributed by atoms with Gasteiger partial charge < -0.3 is 19.7 Å². The third-order valence-electron chi connectivity index (χ3n) is 4.10. The molecule has 6 nitrogen and oxygen atoms in total. The van der Waals surface area contributed by atoms with Crippen molar-refractivity contribution in [3.63, 3.8) is 0 Å². The number of piperidine rings is 1. The number of hydrogen-bond acceptors (Lipinski definition) is 4. The van der Waals surface area contributed by atoms with E-state index in [9.17, 15) is 22.8 Å². The topological polar surface area (TPSA) is 67.9 Å². The molecule has 0 aromatic heterocycles. The molecule has 9 heteroatoms. The number of anilines is 1. The molecule has 1 spiro atoms. The molecule has 0 atom stereocenters. The lowest BCUT2D eigenvalue weighted by Crippen LogP contribution is -2.50. The second-order valence-corrected chi connectivity index (χ2v) is 5.58. The fraction of sp³-hybridized carbons (Fsp3) is 0.467. The average Bonchev–Trinajstić information content (AvgIpc) is 3.03. The maximum absolute atomic E-state index is 13.5. The normalized spacial score (nSPS) is 19.5. The first kappa shape index (κ1) is 16.7. The predicted molar refractivity (Wildman–Crippen MR) is 75.4 cm³/mol. The van der Waals surface area contributed by atoms with E-state index in [2.05, 4.69) is 0 Å². The molecule has 0 aliphatic carbocycles. The SMILES string of the molecule is O=C(Nc1ccc(F)c(F)c1F)C(=O)N1CCC2(CC1)OCCO2. The van der Waals surface area contributed by atoms with Crippen molar-refractivity contribution in [3.05, 3.63) is 29.6 Å². The number of carbonyl (C=O) groups excluding carboxylic acids is 2. The number of likely N-dealkylation sites (tertiary alicyclic amines) is 1. The van der Waals surface area contributed by atoms with Gasteiger partial charge in [-0.3, -0.25) is 9.59 Å². The van der Waals surface area contributed by atoms with Crippen LogP contribution in [-0.2, 0) is 19.1 Å². The van der Waals surface area contributed by atoms with Gasteiger partial charge in [0, 0.05) is 25.9 Å². The summed E-state index contributed by atoms with van der Waals surface area (Å²) < 4.78 is 50.6. The number of carbonyl (C=O) groups is 2. The van der Waals surface area contributed by atoms with E-state index in [1.165, 1.54) is 4.90 Å². The molecule has 2 fully saturated rings. The molecule has 2 saturated heterocycles. The van der Waals surface area contributed by atoms with E-state index in [0.717, 1.165) is 6.07 Å². The molecule has 24 heavy (non-hydrogen) atoms. The Morgan fingerprint density at radius 1 is 1.04 bits per heavy atom. The van der Waals surface area contributed by atoms with Gasteiger partial charge in [-0.15, -0.1) is 0 Å². The summed E-state index contributed by atoms with van der Waals surface area (Å²) in [7, 11) is 0. The molecule has 2 aliphatic rings. The van der Waals surface area contributed by atoms with Crippen LogP contribution in [0.5, 0.6) is 0 Å². The second-order valence-electron chi connectivity index (χ2n) is 5.58. The number of rotatable bonds is 1. The summed E-state index contributed by atoms with van der Waals surface area (Å²) in [4.78, 5) is 25.3. The molecule has 2 aliphatic heterocycles. The van der Waals surface area contributed by atoms with E-state index in [0.29, 0.717) is 32.1 Å². The summed E-state index contributed by atoms with van der Waals surface area (Å²) in [5, 5.41) is 1.96. The van der Waals surface area contributed by atoms with E-state index >= 15 is 0 Å². The largest absolute Gasteiger partial charge is 0.347 e. The van der Waals surface area contributed by atoms with Gasteiger partial charge in [-0.1, -0.05) is 0 Å². The Morgan fingerprint density at radius 3 is 2.29 bits per heavy atom. The van der Waals surface area contributed by atoms with E-state index in [4.69, 9.17) is 9.47 Å². The van der Waals surface area contributed by atoms with Crippen LogP contribution in [0.15, 0.2) is 12.1 Å². The molecule has 1 aromatic rings. The van der Waals surface area contributed by atoms with Crippen molar-refractivity contribution in [3.8, 4) is 0 Å². The average molecular weight is 344 g/mol. The number of nitrogens with one attached hydrogen (secondary N) is 1. The standard InChI is InChI=1S/C15H15F3N2O4/c16-9-1-2-10(12(18)11(9)17)19-13(21)14(22)20-5-3-15(4-6-20)23-7-8-24-15/h1-2H,3-8H2,(H,19,21). The van der Waals surface area contributed by atoms with Crippen LogP contribution in [0.3, 0.4) is 0 Å². The zero-order valence-corrected chi connectivity index (χ0v) is 12.6. The second kappa shape index (κ2) is 6.40. The van der Waals surface area contributed by atoms with Crippen molar-refractivity contribution in [1.29, 1.82) is 0 Å². The van der Waals surface area contributed by atoms with Gasteiger partial charge in [0.1, 0.15) is 0 Å². The molecule has 0 saturated carbocycles. The lowest BCUT2D eigenvalue weighted by molar-refractivity contribution is -0.187. The molecule has 3 rings (SSSR count). The zero-order valence-electron chi connectivity index (χ0n) is 12.6. The maximum atomic E-state index is 13.5. The van der Waals surface area contributed by atoms with Gasteiger partial charge in [0.15, 0.2) is 23.2 Å². The quantitative estimate of drug-likeness (QED) is 0.618. The van der Waals surface area contributed by atoms with Crippen LogP contribution in [0.25, 0.3) is 0 Å². The Bertz CT molecular complexity index is 667. The predicted octanol–water partition coefficient (Wildman–Crippen LogP) is 1.41. The molecule has 130 valence electrons. The maximum Gasteiger partial charge on any atom is 0.313 e. The molecule has 1 N–H and O–H groups in total. The van der Waals surface area contributed by atoms with Crippen LogP contribution < -0.4 is 5.32 Å². The van der Waals surface area contributed by atoms with E-state index < -0.39 is 40.7 Å². The molecule has 2 amide bonds. The van der Waals surface area contributed by atoms with Crippen molar-refractivity contribution in [2.45, 2.75) is 18.6 Å². The summed E-state index contributed by atoms with van der Waals surface area (Å²) in [5.41, 5.74) is -0.594. The minimum atomic E-state index is -1.71. The number of ether oxygens (including phenoxy) is 2. The third-order valence-corrected chi connectivity index (χ3v) is 4.10. The Morgan fingerprint density at radius 2 is 1.67 bits per heavy atom. The Balaban J connectivity index is 1.61. The molecule has 0 unspecified atom stereocenters. The van der Waals surface area contributed by atoms with Crippen molar-refractivity contribution in [2.24, 2.45) is 0 Å². The van der Waals surface area contributed by atoms with Crippen LogP contribution in [0.4, 0.5) is 18.9 Å². The van der Waals surface area contributed by atoms with Crippen LogP contribution >= 0.6 is 0 Å². The fourth-order valence-corrected chi connectivity index (χ4v) is 2.78. The molecule has 0 bridgehead atoms. The van der Waals surface area contributed by atoms with Gasteiger partial charge in [-0.25, -0.2) is 13.2 Å². The number of amides is 2. The first-order chi connectivity index (χ1) is 11.4. The summed E-state index contributed by atoms with van der Waals surface area (Å²) in [5.74, 6) is -7.34. The molecule has 1 aromatic carbocycles. The minimum absolute atomic E-state index is 0.243. The molecule has 0 radical (unpaired) electrons. The molecule has 2 heterocycles. The first-order valence-electron chi connectivity index (χ1n) is 7.43. The van der Waals surface area contributed by atoms with Crippen molar-refractivity contribution in [2.75, 3.05) is 31.6 Å². The van der Waals surface area contributed by atoms with Crippen molar-refractivity contribution >= 4 is 17.5 Å². The third kappa shape index (κ3) is 3.09. The summed E-state index contributed by atoms with van der Waals surface area (Å²) in [6.45, 7) is 1.46. The van der Waals surface area contributed by atoms with Gasteiger partial charge in [0.25, 0.3) is 0 Å². The van der Waals surface area contributed by atoms with Crippen LogP contribution in [0, 0.1) is 17.5 Å². The number of hydrogen-bond donors (Lipinski definition) is 1. The van der Waals surface area contributed by atoms with Gasteiger partial charge in [-0.05, 0) is 12.1 Å². The highest BCUT2D eigenvalue weighted by molar-refractivity contribution is 6.39. The summed E-state index contributed by atoms with van der Waals surface area (Å²) in [6, 6.07) is 1.52. The van der Waals surface area contributed by atoms with E-state index in [-0.39, 0.29) is 13.1 Å². The number of nitrogens with zero attached hydrogens (tertiary/aromatic N) is 1. The first-order valence-corrected chi connectivity index (χ1v) is 7.43. The lowest BCUT2D eigenvalue weighted by Gasteiger charge is -2.37. The monoisotopic (exact) mass is 344 g/mol. The summed E-state index contributed by atoms with van der Waals surface area (Å²) >= 11 is 0. The Hall–Kier alpha value is -2.13. The van der Waals surface area contributed by atoms with Gasteiger partial charge in [0.05, 0.1) is 18.9 Å². The van der Waals surface area contributed by atoms with E-state index in [1.54, 1.807) is 0 Å². The highest BCUT2D eigenvalue weighted by Gasteiger charge is 2.41. The highest BCUT2D eigenvalue weighted by Crippen LogP contribution is 2.31. The smallest absolute Gasteiger partial charge is 0.313 e. The van der Waals surface area contributed by atoms with Crippen molar-refractivity contribution < 1.29 is 32.2 Å².